The van der Waals surface area contributed by atoms with Crippen molar-refractivity contribution in [2.75, 3.05) is 13.1 Å². The van der Waals surface area contributed by atoms with E-state index in [4.69, 9.17) is 5.73 Å². The fourth-order valence-corrected chi connectivity index (χ4v) is 2.84. The third-order valence-electron chi connectivity index (χ3n) is 4.09. The van der Waals surface area contributed by atoms with Crippen molar-refractivity contribution in [2.24, 2.45) is 11.1 Å². The topological polar surface area (TPSA) is 55.1 Å². The molecule has 1 rings (SSSR count). The van der Waals surface area contributed by atoms with E-state index in [1.54, 1.807) is 0 Å². The van der Waals surface area contributed by atoms with Crippen LogP contribution in [0.3, 0.4) is 0 Å². The Labute approximate surface area is 118 Å². The van der Waals surface area contributed by atoms with Crippen molar-refractivity contribution in [1.29, 1.82) is 0 Å². The standard InChI is InChI=1S/C14H25F3N2O/c15-14(16,17)8-4-5-9-19-12(20)10-13(11-18)6-2-1-3-7-13/h1-11,18H2,(H,19,20). The Hall–Kier alpha value is -0.780. The lowest BCUT2D eigenvalue weighted by atomic mass is 9.71. The number of halogens is 3. The molecule has 0 saturated heterocycles. The molecular weight excluding hydrogens is 269 g/mol. The van der Waals surface area contributed by atoms with Gasteiger partial charge >= 0.3 is 6.18 Å². The predicted molar refractivity (Wildman–Crippen MR) is 72.1 cm³/mol. The van der Waals surface area contributed by atoms with Gasteiger partial charge in [-0.25, -0.2) is 0 Å². The number of alkyl halides is 3. The molecule has 1 aliphatic carbocycles. The van der Waals surface area contributed by atoms with E-state index in [1.165, 1.54) is 6.42 Å². The van der Waals surface area contributed by atoms with Gasteiger partial charge in [-0.15, -0.1) is 0 Å². The number of amides is 1. The van der Waals surface area contributed by atoms with Gasteiger partial charge in [0.05, 0.1) is 0 Å². The highest BCUT2D eigenvalue weighted by atomic mass is 19.4. The number of hydrogen-bond acceptors (Lipinski definition) is 2. The van der Waals surface area contributed by atoms with Crippen molar-refractivity contribution >= 4 is 5.91 Å². The molecule has 0 atom stereocenters. The maximum Gasteiger partial charge on any atom is 0.389 e. The van der Waals surface area contributed by atoms with Gasteiger partial charge in [0.2, 0.25) is 5.91 Å². The molecule has 20 heavy (non-hydrogen) atoms. The second kappa shape index (κ2) is 7.86. The molecule has 0 aromatic carbocycles. The van der Waals surface area contributed by atoms with Crippen LogP contribution < -0.4 is 11.1 Å². The Kier molecular flexibility index (Phi) is 6.79. The fourth-order valence-electron chi connectivity index (χ4n) is 2.84. The van der Waals surface area contributed by atoms with Crippen molar-refractivity contribution in [1.82, 2.24) is 5.32 Å². The Morgan fingerprint density at radius 3 is 2.35 bits per heavy atom. The summed E-state index contributed by atoms with van der Waals surface area (Å²) in [6, 6.07) is 0. The second-order valence-electron chi connectivity index (χ2n) is 5.86. The zero-order valence-electron chi connectivity index (χ0n) is 11.9. The van der Waals surface area contributed by atoms with Gasteiger partial charge in [0.15, 0.2) is 0 Å². The van der Waals surface area contributed by atoms with Gasteiger partial charge < -0.3 is 11.1 Å². The molecule has 0 aromatic heterocycles. The molecule has 0 heterocycles. The molecule has 6 heteroatoms. The summed E-state index contributed by atoms with van der Waals surface area (Å²) in [6.45, 7) is 0.823. The van der Waals surface area contributed by atoms with Gasteiger partial charge in [-0.1, -0.05) is 19.3 Å². The first-order chi connectivity index (χ1) is 9.37. The van der Waals surface area contributed by atoms with Crippen molar-refractivity contribution in [3.05, 3.63) is 0 Å². The molecule has 0 bridgehead atoms. The zero-order chi connectivity index (χ0) is 15.1. The number of rotatable bonds is 7. The lowest BCUT2D eigenvalue weighted by molar-refractivity contribution is -0.135. The highest BCUT2D eigenvalue weighted by Gasteiger charge is 2.32. The summed E-state index contributed by atoms with van der Waals surface area (Å²) >= 11 is 0. The molecule has 0 spiro atoms. The molecule has 118 valence electrons. The van der Waals surface area contributed by atoms with Crippen LogP contribution >= 0.6 is 0 Å². The van der Waals surface area contributed by atoms with Crippen LogP contribution in [0.2, 0.25) is 0 Å². The van der Waals surface area contributed by atoms with Crippen LogP contribution in [-0.4, -0.2) is 25.2 Å². The maximum absolute atomic E-state index is 11.9. The number of carbonyl (C=O) groups excluding carboxylic acids is 1. The van der Waals surface area contributed by atoms with Gasteiger partial charge in [-0.2, -0.15) is 13.2 Å². The molecule has 0 aromatic rings. The quantitative estimate of drug-likeness (QED) is 0.709. The SMILES string of the molecule is NCC1(CC(=O)NCCCCC(F)(F)F)CCCCC1. The number of hydrogen-bond donors (Lipinski definition) is 2. The second-order valence-corrected chi connectivity index (χ2v) is 5.86. The smallest absolute Gasteiger partial charge is 0.356 e. The molecule has 0 aliphatic heterocycles. The van der Waals surface area contributed by atoms with Crippen LogP contribution in [0.15, 0.2) is 0 Å². The lowest BCUT2D eigenvalue weighted by Crippen LogP contribution is -2.38. The minimum atomic E-state index is -4.10. The van der Waals surface area contributed by atoms with Gasteiger partial charge in [-0.3, -0.25) is 4.79 Å². The van der Waals surface area contributed by atoms with Crippen LogP contribution in [-0.2, 0) is 4.79 Å². The normalized spacial score (nSPS) is 18.8. The lowest BCUT2D eigenvalue weighted by Gasteiger charge is -2.35. The van der Waals surface area contributed by atoms with E-state index >= 15 is 0 Å². The first kappa shape index (κ1) is 17.3. The third kappa shape index (κ3) is 6.59. The summed E-state index contributed by atoms with van der Waals surface area (Å²) in [5, 5.41) is 2.71. The van der Waals surface area contributed by atoms with Crippen LogP contribution in [0, 0.1) is 5.41 Å². The Morgan fingerprint density at radius 2 is 1.80 bits per heavy atom. The predicted octanol–water partition coefficient (Wildman–Crippen LogP) is 3.13. The average molecular weight is 294 g/mol. The van der Waals surface area contributed by atoms with Crippen LogP contribution in [0.1, 0.15) is 57.8 Å². The number of carbonyl (C=O) groups is 1. The number of unbranched alkanes of at least 4 members (excludes halogenated alkanes) is 1. The summed E-state index contributed by atoms with van der Waals surface area (Å²) in [5.74, 6) is -0.0793. The van der Waals surface area contributed by atoms with Crippen molar-refractivity contribution in [2.45, 2.75) is 64.0 Å². The fraction of sp³-hybridized carbons (Fsp3) is 0.929. The van der Waals surface area contributed by atoms with E-state index < -0.39 is 12.6 Å². The summed E-state index contributed by atoms with van der Waals surface area (Å²) in [6.07, 6.45) is 1.31. The van der Waals surface area contributed by atoms with E-state index in [0.29, 0.717) is 25.9 Å². The Morgan fingerprint density at radius 1 is 1.15 bits per heavy atom. The van der Waals surface area contributed by atoms with Crippen molar-refractivity contribution in [3.8, 4) is 0 Å². The molecule has 3 nitrogen and oxygen atoms in total. The summed E-state index contributed by atoms with van der Waals surface area (Å²) < 4.78 is 35.8. The molecule has 1 fully saturated rings. The van der Waals surface area contributed by atoms with Gasteiger partial charge in [0, 0.05) is 19.4 Å². The molecule has 1 amide bonds. The van der Waals surface area contributed by atoms with Crippen LogP contribution in [0.25, 0.3) is 0 Å². The minimum Gasteiger partial charge on any atom is -0.356 e. The number of nitrogens with one attached hydrogen (secondary N) is 1. The molecular formula is C14H25F3N2O. The summed E-state index contributed by atoms with van der Waals surface area (Å²) in [4.78, 5) is 11.8. The third-order valence-corrected chi connectivity index (χ3v) is 4.09. The molecule has 1 saturated carbocycles. The van der Waals surface area contributed by atoms with Crippen LogP contribution in [0.5, 0.6) is 0 Å². The monoisotopic (exact) mass is 294 g/mol. The molecule has 0 unspecified atom stereocenters. The van der Waals surface area contributed by atoms with Crippen molar-refractivity contribution in [3.63, 3.8) is 0 Å². The number of nitrogens with two attached hydrogens (primary N) is 1. The Balaban J connectivity index is 2.19. The summed E-state index contributed by atoms with van der Waals surface area (Å²) in [5.41, 5.74) is 5.72. The average Bonchev–Trinajstić information content (AvgIpc) is 2.38. The van der Waals surface area contributed by atoms with E-state index in [1.807, 2.05) is 0 Å². The Bertz CT molecular complexity index is 299. The highest BCUT2D eigenvalue weighted by Crippen LogP contribution is 2.38. The first-order valence-corrected chi connectivity index (χ1v) is 7.40. The zero-order valence-corrected chi connectivity index (χ0v) is 11.9. The molecule has 0 radical (unpaired) electrons. The molecule has 1 aliphatic rings. The largest absolute Gasteiger partial charge is 0.389 e. The van der Waals surface area contributed by atoms with Crippen LogP contribution in [0.4, 0.5) is 13.2 Å². The minimum absolute atomic E-state index is 0.0613. The van der Waals surface area contributed by atoms with E-state index in [2.05, 4.69) is 5.32 Å². The highest BCUT2D eigenvalue weighted by molar-refractivity contribution is 5.76. The summed E-state index contributed by atoms with van der Waals surface area (Å²) in [7, 11) is 0. The van der Waals surface area contributed by atoms with Crippen molar-refractivity contribution < 1.29 is 18.0 Å². The van der Waals surface area contributed by atoms with E-state index in [9.17, 15) is 18.0 Å². The van der Waals surface area contributed by atoms with E-state index in [0.717, 1.165) is 25.7 Å². The van der Waals surface area contributed by atoms with Gasteiger partial charge in [0.25, 0.3) is 0 Å². The van der Waals surface area contributed by atoms with Gasteiger partial charge in [0.1, 0.15) is 0 Å². The van der Waals surface area contributed by atoms with Gasteiger partial charge in [-0.05, 0) is 37.6 Å². The molecule has 3 N–H and O–H groups in total. The maximum atomic E-state index is 11.9. The first-order valence-electron chi connectivity index (χ1n) is 7.40. The van der Waals surface area contributed by atoms with E-state index in [-0.39, 0.29) is 17.7 Å².